The minimum atomic E-state index is -0.0528. The summed E-state index contributed by atoms with van der Waals surface area (Å²) in [6.45, 7) is 2.36. The molecule has 1 heterocycles. The third-order valence-corrected chi connectivity index (χ3v) is 2.15. The Kier molecular flexibility index (Phi) is 6.75. The van der Waals surface area contributed by atoms with Crippen LogP contribution in [0.25, 0.3) is 0 Å². The Morgan fingerprint density at radius 3 is 2.72 bits per heavy atom. The predicted octanol–water partition coefficient (Wildman–Crippen LogP) is 0.798. The molecule has 0 aliphatic carbocycles. The third kappa shape index (κ3) is 5.60. The molecule has 100 valence electrons. The fraction of sp³-hybridized carbons (Fsp3) is 0.500. The van der Waals surface area contributed by atoms with Gasteiger partial charge in [-0.15, -0.1) is 0 Å². The van der Waals surface area contributed by atoms with E-state index in [2.05, 4.69) is 4.98 Å². The second-order valence-electron chi connectivity index (χ2n) is 3.60. The molecule has 0 spiro atoms. The molecule has 0 amide bonds. The summed E-state index contributed by atoms with van der Waals surface area (Å²) in [6.07, 6.45) is 2.42. The standard InChI is InChI=1S/C12H19N3O3/c1-16-5-2-6-17-7-8-18-10-3-4-11(12(13)14)15-9-10/h3-4,9H,2,5-8H2,1H3,(H3,13,14). The largest absolute Gasteiger partial charge is 0.490 e. The van der Waals surface area contributed by atoms with Gasteiger partial charge in [0.1, 0.15) is 23.9 Å². The van der Waals surface area contributed by atoms with Gasteiger partial charge in [0.2, 0.25) is 0 Å². The van der Waals surface area contributed by atoms with Crippen molar-refractivity contribution in [2.75, 3.05) is 33.5 Å². The lowest BCUT2D eigenvalue weighted by molar-refractivity contribution is 0.0805. The van der Waals surface area contributed by atoms with E-state index >= 15 is 0 Å². The van der Waals surface area contributed by atoms with Gasteiger partial charge in [0, 0.05) is 20.3 Å². The van der Waals surface area contributed by atoms with E-state index in [1.807, 2.05) is 0 Å². The molecule has 0 saturated heterocycles. The van der Waals surface area contributed by atoms with Gasteiger partial charge in [0.25, 0.3) is 0 Å². The highest BCUT2D eigenvalue weighted by molar-refractivity contribution is 5.92. The summed E-state index contributed by atoms with van der Waals surface area (Å²) in [6, 6.07) is 3.38. The lowest BCUT2D eigenvalue weighted by Crippen LogP contribution is -2.13. The molecule has 0 saturated carbocycles. The SMILES string of the molecule is COCCCOCCOc1ccc(C(=N)N)nc1. The number of nitrogens with two attached hydrogens (primary N) is 1. The van der Waals surface area contributed by atoms with E-state index in [1.54, 1.807) is 25.4 Å². The summed E-state index contributed by atoms with van der Waals surface area (Å²) in [4.78, 5) is 3.99. The Morgan fingerprint density at radius 1 is 1.28 bits per heavy atom. The predicted molar refractivity (Wildman–Crippen MR) is 68.1 cm³/mol. The fourth-order valence-electron chi connectivity index (χ4n) is 1.25. The van der Waals surface area contributed by atoms with Crippen LogP contribution >= 0.6 is 0 Å². The third-order valence-electron chi connectivity index (χ3n) is 2.15. The van der Waals surface area contributed by atoms with Crippen LogP contribution in [0, 0.1) is 5.41 Å². The van der Waals surface area contributed by atoms with Crippen molar-refractivity contribution >= 4 is 5.84 Å². The van der Waals surface area contributed by atoms with Crippen LogP contribution in [-0.4, -0.2) is 44.4 Å². The number of nitrogen functional groups attached to an aromatic ring is 1. The van der Waals surface area contributed by atoms with Crippen molar-refractivity contribution in [1.29, 1.82) is 5.41 Å². The van der Waals surface area contributed by atoms with E-state index < -0.39 is 0 Å². The fourth-order valence-corrected chi connectivity index (χ4v) is 1.25. The van der Waals surface area contributed by atoms with Gasteiger partial charge in [-0.2, -0.15) is 0 Å². The normalized spacial score (nSPS) is 10.3. The lowest BCUT2D eigenvalue weighted by atomic mass is 10.3. The molecule has 3 N–H and O–H groups in total. The molecular weight excluding hydrogens is 234 g/mol. The number of hydrogen-bond donors (Lipinski definition) is 2. The van der Waals surface area contributed by atoms with Crippen LogP contribution in [0.15, 0.2) is 18.3 Å². The first-order chi connectivity index (χ1) is 8.74. The molecule has 0 bridgehead atoms. The number of methoxy groups -OCH3 is 1. The molecular formula is C12H19N3O3. The topological polar surface area (TPSA) is 90.5 Å². The van der Waals surface area contributed by atoms with Crippen molar-refractivity contribution in [3.8, 4) is 5.75 Å². The van der Waals surface area contributed by atoms with Crippen molar-refractivity contribution in [3.63, 3.8) is 0 Å². The first-order valence-corrected chi connectivity index (χ1v) is 5.74. The minimum absolute atomic E-state index is 0.0528. The molecule has 0 unspecified atom stereocenters. The number of rotatable bonds is 9. The van der Waals surface area contributed by atoms with Crippen LogP contribution in [0.3, 0.4) is 0 Å². The van der Waals surface area contributed by atoms with Crippen molar-refractivity contribution in [2.24, 2.45) is 5.73 Å². The van der Waals surface area contributed by atoms with Crippen LogP contribution in [0.2, 0.25) is 0 Å². The Balaban J connectivity index is 2.14. The van der Waals surface area contributed by atoms with Crippen LogP contribution in [0.4, 0.5) is 0 Å². The quantitative estimate of drug-likeness (QED) is 0.386. The van der Waals surface area contributed by atoms with Gasteiger partial charge in [0.15, 0.2) is 0 Å². The van der Waals surface area contributed by atoms with Gasteiger partial charge >= 0.3 is 0 Å². The Labute approximate surface area is 107 Å². The number of nitrogens with zero attached hydrogens (tertiary/aromatic N) is 1. The van der Waals surface area contributed by atoms with Crippen molar-refractivity contribution in [1.82, 2.24) is 4.98 Å². The van der Waals surface area contributed by atoms with Crippen LogP contribution in [0.5, 0.6) is 5.75 Å². The van der Waals surface area contributed by atoms with Crippen LogP contribution in [0.1, 0.15) is 12.1 Å². The lowest BCUT2D eigenvalue weighted by Gasteiger charge is -2.07. The Morgan fingerprint density at radius 2 is 2.11 bits per heavy atom. The van der Waals surface area contributed by atoms with E-state index in [0.717, 1.165) is 6.42 Å². The Bertz CT molecular complexity index is 354. The summed E-state index contributed by atoms with van der Waals surface area (Å²) in [7, 11) is 1.67. The van der Waals surface area contributed by atoms with Gasteiger partial charge in [-0.05, 0) is 18.6 Å². The number of nitrogens with one attached hydrogen (secondary N) is 1. The molecule has 1 rings (SSSR count). The molecule has 18 heavy (non-hydrogen) atoms. The number of hydrogen-bond acceptors (Lipinski definition) is 5. The maximum absolute atomic E-state index is 7.20. The maximum atomic E-state index is 7.20. The number of aromatic nitrogens is 1. The van der Waals surface area contributed by atoms with E-state index in [4.69, 9.17) is 25.4 Å². The van der Waals surface area contributed by atoms with E-state index in [0.29, 0.717) is 37.9 Å². The van der Waals surface area contributed by atoms with Crippen molar-refractivity contribution in [3.05, 3.63) is 24.0 Å². The molecule has 0 fully saturated rings. The maximum Gasteiger partial charge on any atom is 0.141 e. The van der Waals surface area contributed by atoms with Crippen LogP contribution in [-0.2, 0) is 9.47 Å². The zero-order valence-corrected chi connectivity index (χ0v) is 10.5. The second kappa shape index (κ2) is 8.43. The van der Waals surface area contributed by atoms with Gasteiger partial charge in [-0.25, -0.2) is 4.98 Å². The summed E-state index contributed by atoms with van der Waals surface area (Å²) >= 11 is 0. The zero-order chi connectivity index (χ0) is 13.2. The van der Waals surface area contributed by atoms with E-state index in [-0.39, 0.29) is 5.84 Å². The molecule has 6 heteroatoms. The first kappa shape index (κ1) is 14.4. The highest BCUT2D eigenvalue weighted by atomic mass is 16.5. The number of ether oxygens (including phenoxy) is 3. The summed E-state index contributed by atoms with van der Waals surface area (Å²) in [5.41, 5.74) is 5.74. The summed E-state index contributed by atoms with van der Waals surface area (Å²) < 4.78 is 15.7. The minimum Gasteiger partial charge on any atom is -0.490 e. The molecule has 0 radical (unpaired) electrons. The Hall–Kier alpha value is -1.66. The average Bonchev–Trinajstić information content (AvgIpc) is 2.38. The van der Waals surface area contributed by atoms with Gasteiger partial charge in [-0.1, -0.05) is 0 Å². The van der Waals surface area contributed by atoms with E-state index in [9.17, 15) is 0 Å². The summed E-state index contributed by atoms with van der Waals surface area (Å²) in [5.74, 6) is 0.587. The zero-order valence-electron chi connectivity index (χ0n) is 10.5. The molecule has 0 aromatic carbocycles. The first-order valence-electron chi connectivity index (χ1n) is 5.74. The smallest absolute Gasteiger partial charge is 0.141 e. The highest BCUT2D eigenvalue weighted by Crippen LogP contribution is 2.08. The monoisotopic (exact) mass is 253 g/mol. The van der Waals surface area contributed by atoms with Gasteiger partial charge in [-0.3, -0.25) is 5.41 Å². The molecule has 6 nitrogen and oxygen atoms in total. The average molecular weight is 253 g/mol. The van der Waals surface area contributed by atoms with Crippen molar-refractivity contribution in [2.45, 2.75) is 6.42 Å². The number of pyridine rings is 1. The molecule has 1 aromatic heterocycles. The number of amidine groups is 1. The molecule has 0 aliphatic rings. The van der Waals surface area contributed by atoms with E-state index in [1.165, 1.54) is 0 Å². The van der Waals surface area contributed by atoms with Gasteiger partial charge < -0.3 is 19.9 Å². The molecule has 0 atom stereocenters. The van der Waals surface area contributed by atoms with Crippen molar-refractivity contribution < 1.29 is 14.2 Å². The highest BCUT2D eigenvalue weighted by Gasteiger charge is 1.99. The molecule has 0 aliphatic heterocycles. The summed E-state index contributed by atoms with van der Waals surface area (Å²) in [5, 5.41) is 7.20. The van der Waals surface area contributed by atoms with Gasteiger partial charge in [0.05, 0.1) is 12.8 Å². The molecule has 1 aromatic rings. The van der Waals surface area contributed by atoms with Crippen LogP contribution < -0.4 is 10.5 Å². The second-order valence-corrected chi connectivity index (χ2v) is 3.60.